The van der Waals surface area contributed by atoms with Crippen molar-refractivity contribution in [1.82, 2.24) is 10.6 Å². The summed E-state index contributed by atoms with van der Waals surface area (Å²) in [6.45, 7) is 5.56. The predicted octanol–water partition coefficient (Wildman–Crippen LogP) is 2.81. The van der Waals surface area contributed by atoms with Gasteiger partial charge in [0.15, 0.2) is 6.61 Å². The number of amides is 3. The first-order valence-electron chi connectivity index (χ1n) is 8.94. The molecule has 2 rings (SSSR count). The van der Waals surface area contributed by atoms with E-state index < -0.39 is 24.0 Å². The van der Waals surface area contributed by atoms with Gasteiger partial charge in [-0.15, -0.1) is 0 Å². The van der Waals surface area contributed by atoms with Gasteiger partial charge >= 0.3 is 12.0 Å². The summed E-state index contributed by atoms with van der Waals surface area (Å²) in [5.41, 5.74) is 2.42. The van der Waals surface area contributed by atoms with Gasteiger partial charge in [0, 0.05) is 12.1 Å². The van der Waals surface area contributed by atoms with Gasteiger partial charge in [-0.3, -0.25) is 10.1 Å². The second-order valence-corrected chi connectivity index (χ2v) is 6.19. The smallest absolute Gasteiger partial charge is 0.345 e. The third-order valence-electron chi connectivity index (χ3n) is 3.84. The molecule has 1 atom stereocenters. The normalized spacial score (nSPS) is 11.2. The van der Waals surface area contributed by atoms with Crippen LogP contribution in [0.25, 0.3) is 0 Å². The molecule has 148 valence electrons. The lowest BCUT2D eigenvalue weighted by molar-refractivity contribution is -0.158. The summed E-state index contributed by atoms with van der Waals surface area (Å²) >= 11 is 0. The summed E-state index contributed by atoms with van der Waals surface area (Å²) in [7, 11) is 0. The molecular formula is C21H24N2O5. The minimum Gasteiger partial charge on any atom is -0.482 e. The van der Waals surface area contributed by atoms with Gasteiger partial charge in [0.05, 0.1) is 0 Å². The third kappa shape index (κ3) is 6.12. The maximum Gasteiger partial charge on any atom is 0.345 e. The molecule has 7 heteroatoms. The Labute approximate surface area is 164 Å². The van der Waals surface area contributed by atoms with Crippen molar-refractivity contribution in [2.45, 2.75) is 26.9 Å². The Balaban J connectivity index is 2.05. The van der Waals surface area contributed by atoms with Crippen molar-refractivity contribution in [2.75, 3.05) is 13.2 Å². The Morgan fingerprint density at radius 3 is 2.39 bits per heavy atom. The van der Waals surface area contributed by atoms with Crippen LogP contribution in [-0.4, -0.2) is 31.1 Å². The molecule has 2 aromatic carbocycles. The van der Waals surface area contributed by atoms with E-state index >= 15 is 0 Å². The van der Waals surface area contributed by atoms with Gasteiger partial charge in [-0.05, 0) is 32.4 Å². The molecule has 2 N–H and O–H groups in total. The van der Waals surface area contributed by atoms with Crippen LogP contribution in [0, 0.1) is 13.8 Å². The molecule has 0 heterocycles. The lowest BCUT2D eigenvalue weighted by Crippen LogP contribution is -2.42. The van der Waals surface area contributed by atoms with Crippen LogP contribution in [0.2, 0.25) is 0 Å². The number of hydrogen-bond donors (Lipinski definition) is 2. The fourth-order valence-corrected chi connectivity index (χ4v) is 2.55. The zero-order chi connectivity index (χ0) is 20.5. The first kappa shape index (κ1) is 21.0. The van der Waals surface area contributed by atoms with E-state index in [1.165, 1.54) is 0 Å². The van der Waals surface area contributed by atoms with E-state index in [0.717, 1.165) is 11.1 Å². The molecule has 0 aliphatic rings. The number of rotatable bonds is 7. The van der Waals surface area contributed by atoms with Gasteiger partial charge in [0.25, 0.3) is 5.91 Å². The highest BCUT2D eigenvalue weighted by Gasteiger charge is 2.26. The van der Waals surface area contributed by atoms with Gasteiger partial charge in [-0.1, -0.05) is 48.0 Å². The van der Waals surface area contributed by atoms with E-state index in [1.54, 1.807) is 43.3 Å². The number of carbonyl (C=O) groups is 3. The number of ether oxygens (including phenoxy) is 2. The number of carbonyl (C=O) groups excluding carboxylic acids is 3. The number of nitrogens with one attached hydrogen (secondary N) is 2. The SMILES string of the molecule is CCNC(=O)NC(=O)[C@H](OC(=O)COc1ccc(C)cc1C)c1ccccc1. The highest BCUT2D eigenvalue weighted by molar-refractivity contribution is 5.97. The van der Waals surface area contributed by atoms with Gasteiger partial charge in [-0.2, -0.15) is 0 Å². The van der Waals surface area contributed by atoms with Crippen molar-refractivity contribution in [1.29, 1.82) is 0 Å². The number of hydrogen-bond acceptors (Lipinski definition) is 5. The van der Waals surface area contributed by atoms with Gasteiger partial charge in [0.1, 0.15) is 5.75 Å². The fraction of sp³-hybridized carbons (Fsp3) is 0.286. The van der Waals surface area contributed by atoms with Gasteiger partial charge in [-0.25, -0.2) is 9.59 Å². The Kier molecular flexibility index (Phi) is 7.56. The van der Waals surface area contributed by atoms with E-state index in [1.807, 2.05) is 26.0 Å². The molecule has 0 unspecified atom stereocenters. The van der Waals surface area contributed by atoms with Crippen molar-refractivity contribution < 1.29 is 23.9 Å². The monoisotopic (exact) mass is 384 g/mol. The first-order valence-corrected chi connectivity index (χ1v) is 8.94. The van der Waals surface area contributed by atoms with E-state index in [0.29, 0.717) is 17.9 Å². The average Bonchev–Trinajstić information content (AvgIpc) is 2.66. The molecule has 0 spiro atoms. The summed E-state index contributed by atoms with van der Waals surface area (Å²) in [6, 6.07) is 13.4. The molecule has 0 saturated carbocycles. The molecular weight excluding hydrogens is 360 g/mol. The zero-order valence-corrected chi connectivity index (χ0v) is 16.2. The minimum atomic E-state index is -1.26. The maximum absolute atomic E-state index is 12.4. The molecule has 0 bridgehead atoms. The highest BCUT2D eigenvalue weighted by Crippen LogP contribution is 2.20. The average molecular weight is 384 g/mol. The Hall–Kier alpha value is -3.35. The van der Waals surface area contributed by atoms with Crippen LogP contribution in [0.3, 0.4) is 0 Å². The third-order valence-corrected chi connectivity index (χ3v) is 3.84. The van der Waals surface area contributed by atoms with Crippen molar-refractivity contribution in [3.63, 3.8) is 0 Å². The van der Waals surface area contributed by atoms with E-state index in [-0.39, 0.29) is 6.61 Å². The molecule has 2 aromatic rings. The topological polar surface area (TPSA) is 93.7 Å². The highest BCUT2D eigenvalue weighted by atomic mass is 16.6. The van der Waals surface area contributed by atoms with E-state index in [9.17, 15) is 14.4 Å². The van der Waals surface area contributed by atoms with Crippen LogP contribution < -0.4 is 15.4 Å². The fourth-order valence-electron chi connectivity index (χ4n) is 2.55. The molecule has 3 amide bonds. The molecule has 0 radical (unpaired) electrons. The summed E-state index contributed by atoms with van der Waals surface area (Å²) < 4.78 is 10.8. The van der Waals surface area contributed by atoms with Crippen LogP contribution in [0.5, 0.6) is 5.75 Å². The van der Waals surface area contributed by atoms with Gasteiger partial charge in [0.2, 0.25) is 6.10 Å². The number of urea groups is 1. The van der Waals surface area contributed by atoms with Crippen LogP contribution in [0.1, 0.15) is 29.7 Å². The molecule has 0 aliphatic carbocycles. The summed E-state index contributed by atoms with van der Waals surface area (Å²) in [5, 5.41) is 4.62. The largest absolute Gasteiger partial charge is 0.482 e. The Morgan fingerprint density at radius 1 is 1.04 bits per heavy atom. The molecule has 7 nitrogen and oxygen atoms in total. The minimum absolute atomic E-state index is 0.359. The van der Waals surface area contributed by atoms with Crippen LogP contribution in [-0.2, 0) is 14.3 Å². The predicted molar refractivity (Wildman–Crippen MR) is 104 cm³/mol. The standard InChI is InChI=1S/C21H24N2O5/c1-4-22-21(26)23-20(25)19(16-8-6-5-7-9-16)28-18(24)13-27-17-11-10-14(2)12-15(17)3/h5-12,19H,4,13H2,1-3H3,(H2,22,23,25,26)/t19-/m1/s1. The second kappa shape index (κ2) is 10.1. The Morgan fingerprint density at radius 2 is 1.75 bits per heavy atom. The molecule has 0 aliphatic heterocycles. The van der Waals surface area contributed by atoms with Crippen molar-refractivity contribution in [3.8, 4) is 5.75 Å². The summed E-state index contributed by atoms with van der Waals surface area (Å²) in [4.78, 5) is 36.3. The summed E-state index contributed by atoms with van der Waals surface area (Å²) in [5.74, 6) is -0.900. The van der Waals surface area contributed by atoms with Crippen molar-refractivity contribution in [2.24, 2.45) is 0 Å². The quantitative estimate of drug-likeness (QED) is 0.716. The first-order chi connectivity index (χ1) is 13.4. The van der Waals surface area contributed by atoms with Crippen molar-refractivity contribution in [3.05, 3.63) is 65.2 Å². The summed E-state index contributed by atoms with van der Waals surface area (Å²) in [6.07, 6.45) is -1.26. The maximum atomic E-state index is 12.4. The number of imide groups is 1. The molecule has 28 heavy (non-hydrogen) atoms. The zero-order valence-electron chi connectivity index (χ0n) is 16.2. The van der Waals surface area contributed by atoms with Crippen LogP contribution in [0.4, 0.5) is 4.79 Å². The second-order valence-electron chi connectivity index (χ2n) is 6.19. The van der Waals surface area contributed by atoms with Crippen LogP contribution in [0.15, 0.2) is 48.5 Å². The Bertz CT molecular complexity index is 836. The number of aryl methyl sites for hydroxylation is 2. The van der Waals surface area contributed by atoms with Gasteiger partial charge < -0.3 is 14.8 Å². The number of benzene rings is 2. The number of esters is 1. The van der Waals surface area contributed by atoms with E-state index in [2.05, 4.69) is 10.6 Å². The molecule has 0 aromatic heterocycles. The van der Waals surface area contributed by atoms with Crippen molar-refractivity contribution >= 4 is 17.9 Å². The molecule has 0 fully saturated rings. The lowest BCUT2D eigenvalue weighted by atomic mass is 10.1. The van der Waals surface area contributed by atoms with E-state index in [4.69, 9.17) is 9.47 Å². The van der Waals surface area contributed by atoms with Crippen LogP contribution >= 0.6 is 0 Å². The lowest BCUT2D eigenvalue weighted by Gasteiger charge is -2.18. The molecule has 0 saturated heterocycles.